The summed E-state index contributed by atoms with van der Waals surface area (Å²) in [6.45, 7) is 1.82. The Kier molecular flexibility index (Phi) is 2.45. The number of hydrogen-bond acceptors (Lipinski definition) is 4. The van der Waals surface area contributed by atoms with Crippen LogP contribution in [-0.4, -0.2) is 22.0 Å². The van der Waals surface area contributed by atoms with Crippen LogP contribution in [0.15, 0.2) is 12.3 Å². The van der Waals surface area contributed by atoms with Crippen molar-refractivity contribution in [1.82, 2.24) is 15.5 Å². The fraction of sp³-hybridized carbons (Fsp3) is 0.400. The van der Waals surface area contributed by atoms with Crippen molar-refractivity contribution in [3.05, 3.63) is 23.5 Å². The van der Waals surface area contributed by atoms with E-state index in [1.54, 1.807) is 6.20 Å². The van der Waals surface area contributed by atoms with Gasteiger partial charge in [-0.05, 0) is 25.0 Å². The van der Waals surface area contributed by atoms with Crippen molar-refractivity contribution < 1.29 is 9.59 Å². The van der Waals surface area contributed by atoms with Gasteiger partial charge in [0.25, 0.3) is 0 Å². The molecule has 1 atom stereocenters. The molecule has 5 nitrogen and oxygen atoms in total. The molecule has 78 valence electrons. The van der Waals surface area contributed by atoms with Crippen LogP contribution in [0.1, 0.15) is 30.0 Å². The first-order valence-electron chi connectivity index (χ1n) is 4.80. The summed E-state index contributed by atoms with van der Waals surface area (Å²) in [6.07, 6.45) is 2.51. The first-order chi connectivity index (χ1) is 7.16. The molecule has 0 saturated carbocycles. The van der Waals surface area contributed by atoms with Crippen LogP contribution in [0.25, 0.3) is 0 Å². The Morgan fingerprint density at radius 3 is 2.93 bits per heavy atom. The molecule has 0 radical (unpaired) electrons. The minimum atomic E-state index is -0.267. The van der Waals surface area contributed by atoms with Crippen LogP contribution in [0.4, 0.5) is 0 Å². The minimum Gasteiger partial charge on any atom is -0.296 e. The molecule has 2 heterocycles. The molecular weight excluding hydrogens is 194 g/mol. The highest BCUT2D eigenvalue weighted by atomic mass is 16.2. The number of hydrogen-bond donors (Lipinski definition) is 1. The van der Waals surface area contributed by atoms with E-state index in [0.717, 1.165) is 11.3 Å². The Morgan fingerprint density at radius 2 is 2.27 bits per heavy atom. The Hall–Kier alpha value is -1.78. The van der Waals surface area contributed by atoms with Crippen molar-refractivity contribution >= 4 is 11.8 Å². The minimum absolute atomic E-state index is 0.199. The maximum Gasteiger partial charge on any atom is 0.234 e. The predicted molar refractivity (Wildman–Crippen MR) is 51.9 cm³/mol. The zero-order valence-electron chi connectivity index (χ0n) is 8.36. The van der Waals surface area contributed by atoms with Gasteiger partial charge in [0.15, 0.2) is 0 Å². The third-order valence-electron chi connectivity index (χ3n) is 2.44. The molecule has 5 heteroatoms. The van der Waals surface area contributed by atoms with Crippen molar-refractivity contribution in [2.75, 3.05) is 0 Å². The Labute approximate surface area is 86.9 Å². The number of rotatable bonds is 1. The fourth-order valence-electron chi connectivity index (χ4n) is 1.70. The molecule has 1 fully saturated rings. The molecule has 1 aliphatic rings. The van der Waals surface area contributed by atoms with E-state index in [-0.39, 0.29) is 17.7 Å². The van der Waals surface area contributed by atoms with E-state index in [9.17, 15) is 9.59 Å². The molecule has 0 spiro atoms. The quantitative estimate of drug-likeness (QED) is 0.669. The third-order valence-corrected chi connectivity index (χ3v) is 2.44. The van der Waals surface area contributed by atoms with Gasteiger partial charge in [-0.25, -0.2) is 0 Å². The summed E-state index contributed by atoms with van der Waals surface area (Å²) in [5.41, 5.74) is 1.60. The molecule has 1 aromatic heterocycles. The average Bonchev–Trinajstić information content (AvgIpc) is 2.17. The van der Waals surface area contributed by atoms with Crippen molar-refractivity contribution in [3.63, 3.8) is 0 Å². The Balaban J connectivity index is 2.24. The normalized spacial score (nSPS) is 21.3. The lowest BCUT2D eigenvalue weighted by molar-refractivity contribution is -0.134. The van der Waals surface area contributed by atoms with Gasteiger partial charge in [0.1, 0.15) is 0 Å². The van der Waals surface area contributed by atoms with Gasteiger partial charge in [-0.1, -0.05) is 0 Å². The van der Waals surface area contributed by atoms with Crippen LogP contribution in [0.2, 0.25) is 0 Å². The molecule has 0 aliphatic carbocycles. The summed E-state index contributed by atoms with van der Waals surface area (Å²) >= 11 is 0. The molecule has 0 bridgehead atoms. The smallest absolute Gasteiger partial charge is 0.234 e. The fourth-order valence-corrected chi connectivity index (χ4v) is 1.70. The number of piperidine rings is 1. The van der Waals surface area contributed by atoms with Crippen molar-refractivity contribution in [2.24, 2.45) is 0 Å². The lowest BCUT2D eigenvalue weighted by Crippen LogP contribution is -2.39. The zero-order chi connectivity index (χ0) is 10.8. The number of nitrogens with zero attached hydrogens (tertiary/aromatic N) is 2. The number of nitrogens with one attached hydrogen (secondary N) is 1. The van der Waals surface area contributed by atoms with Crippen molar-refractivity contribution in [1.29, 1.82) is 0 Å². The first kappa shape index (κ1) is 9.76. The van der Waals surface area contributed by atoms with E-state index < -0.39 is 0 Å². The van der Waals surface area contributed by atoms with E-state index in [0.29, 0.717) is 12.8 Å². The molecule has 2 rings (SSSR count). The standard InChI is InChI=1S/C10H11N3O2/c1-6-4-7(5-11-13-6)8-2-3-9(14)12-10(8)15/h4-5,8H,2-3H2,1H3,(H,12,14,15). The maximum absolute atomic E-state index is 11.5. The average molecular weight is 205 g/mol. The Bertz CT molecular complexity index is 417. The van der Waals surface area contributed by atoms with Crippen LogP contribution in [0.5, 0.6) is 0 Å². The van der Waals surface area contributed by atoms with Gasteiger partial charge in [-0.2, -0.15) is 10.2 Å². The van der Waals surface area contributed by atoms with E-state index in [1.807, 2.05) is 13.0 Å². The van der Waals surface area contributed by atoms with Crippen LogP contribution < -0.4 is 5.32 Å². The lowest BCUT2D eigenvalue weighted by atomic mass is 9.92. The van der Waals surface area contributed by atoms with Crippen molar-refractivity contribution in [2.45, 2.75) is 25.7 Å². The SMILES string of the molecule is Cc1cc(C2CCC(=O)NC2=O)cnn1. The molecule has 1 aromatic rings. The summed E-state index contributed by atoms with van der Waals surface area (Å²) in [5, 5.41) is 9.95. The monoisotopic (exact) mass is 205 g/mol. The predicted octanol–water partition coefficient (Wildman–Crippen LogP) is 0.305. The summed E-state index contributed by atoms with van der Waals surface area (Å²) < 4.78 is 0. The number of carbonyl (C=O) groups excluding carboxylic acids is 2. The lowest BCUT2D eigenvalue weighted by Gasteiger charge is -2.20. The number of aromatic nitrogens is 2. The Morgan fingerprint density at radius 1 is 1.47 bits per heavy atom. The van der Waals surface area contributed by atoms with Crippen molar-refractivity contribution in [3.8, 4) is 0 Å². The summed E-state index contributed by atoms with van der Waals surface area (Å²) in [5.74, 6) is -0.703. The summed E-state index contributed by atoms with van der Waals surface area (Å²) in [7, 11) is 0. The number of amides is 2. The molecule has 1 aliphatic heterocycles. The number of imide groups is 1. The summed E-state index contributed by atoms with van der Waals surface area (Å²) in [4.78, 5) is 22.5. The van der Waals surface area contributed by atoms with Crippen LogP contribution in [-0.2, 0) is 9.59 Å². The highest BCUT2D eigenvalue weighted by molar-refractivity contribution is 6.00. The van der Waals surface area contributed by atoms with E-state index in [2.05, 4.69) is 15.5 Å². The first-order valence-corrected chi connectivity index (χ1v) is 4.80. The third kappa shape index (κ3) is 2.01. The largest absolute Gasteiger partial charge is 0.296 e. The van der Waals surface area contributed by atoms with Crippen LogP contribution >= 0.6 is 0 Å². The van der Waals surface area contributed by atoms with Gasteiger partial charge >= 0.3 is 0 Å². The summed E-state index contributed by atoms with van der Waals surface area (Å²) in [6, 6.07) is 1.83. The van der Waals surface area contributed by atoms with Crippen LogP contribution in [0, 0.1) is 6.92 Å². The molecule has 15 heavy (non-hydrogen) atoms. The zero-order valence-corrected chi connectivity index (χ0v) is 8.36. The van der Waals surface area contributed by atoms with Gasteiger partial charge in [0, 0.05) is 6.42 Å². The van der Waals surface area contributed by atoms with E-state index in [1.165, 1.54) is 0 Å². The maximum atomic E-state index is 11.5. The van der Waals surface area contributed by atoms with E-state index >= 15 is 0 Å². The van der Waals surface area contributed by atoms with Gasteiger partial charge in [0.05, 0.1) is 17.8 Å². The van der Waals surface area contributed by atoms with Gasteiger partial charge in [-0.15, -0.1) is 0 Å². The molecular formula is C10H11N3O2. The molecule has 1 N–H and O–H groups in total. The molecule has 0 aromatic carbocycles. The highest BCUT2D eigenvalue weighted by Gasteiger charge is 2.28. The number of aryl methyl sites for hydroxylation is 1. The molecule has 2 amide bonds. The second-order valence-electron chi connectivity index (χ2n) is 3.63. The highest BCUT2D eigenvalue weighted by Crippen LogP contribution is 2.23. The molecule has 1 unspecified atom stereocenters. The molecule has 1 saturated heterocycles. The number of carbonyl (C=O) groups is 2. The topological polar surface area (TPSA) is 72.0 Å². The second kappa shape index (κ2) is 3.76. The van der Waals surface area contributed by atoms with Gasteiger partial charge in [0.2, 0.25) is 11.8 Å². The van der Waals surface area contributed by atoms with Crippen LogP contribution in [0.3, 0.4) is 0 Å². The van der Waals surface area contributed by atoms with E-state index in [4.69, 9.17) is 0 Å². The second-order valence-corrected chi connectivity index (χ2v) is 3.63. The van der Waals surface area contributed by atoms with Gasteiger partial charge in [-0.3, -0.25) is 14.9 Å². The van der Waals surface area contributed by atoms with Gasteiger partial charge < -0.3 is 0 Å².